The fraction of sp³-hybridized carbons (Fsp3) is 0.826. The Bertz CT molecular complexity index is 481. The minimum atomic E-state index is -3.88. The predicted molar refractivity (Wildman–Crippen MR) is 130 cm³/mol. The van der Waals surface area contributed by atoms with Crippen LogP contribution >= 0.6 is 0 Å². The van der Waals surface area contributed by atoms with Crippen LogP contribution in [-0.2, 0) is 10.1 Å². The van der Waals surface area contributed by atoms with Crippen LogP contribution in [0.15, 0.2) is 24.8 Å². The molecule has 0 aliphatic heterocycles. The van der Waals surface area contributed by atoms with Crippen molar-refractivity contribution in [2.24, 2.45) is 0 Å². The van der Waals surface area contributed by atoms with Crippen LogP contribution < -0.4 is 0 Å². The van der Waals surface area contributed by atoms with Crippen LogP contribution in [0.1, 0.15) is 96.8 Å². The van der Waals surface area contributed by atoms with Crippen molar-refractivity contribution in [2.45, 2.75) is 96.8 Å². The van der Waals surface area contributed by atoms with Crippen molar-refractivity contribution in [3.8, 4) is 0 Å². The van der Waals surface area contributed by atoms with E-state index < -0.39 is 10.1 Å². The van der Waals surface area contributed by atoms with E-state index in [4.69, 9.17) is 4.55 Å². The van der Waals surface area contributed by atoms with Crippen LogP contribution in [0.5, 0.6) is 0 Å². The summed E-state index contributed by atoms with van der Waals surface area (Å²) >= 11 is 0. The van der Waals surface area contributed by atoms with E-state index in [1.54, 1.807) is 6.08 Å². The second-order valence-electron chi connectivity index (χ2n) is 7.81. The van der Waals surface area contributed by atoms with Crippen molar-refractivity contribution < 1.29 is 13.0 Å². The van der Waals surface area contributed by atoms with E-state index in [1.165, 1.54) is 83.5 Å². The molecule has 0 saturated carbocycles. The molecule has 0 saturated heterocycles. The molecule has 0 rings (SSSR count). The maximum absolute atomic E-state index is 10.9. The van der Waals surface area contributed by atoms with Gasteiger partial charge in [-0.1, -0.05) is 82.9 Å². The molecule has 0 fully saturated rings. The van der Waals surface area contributed by atoms with Crippen molar-refractivity contribution in [1.29, 1.82) is 0 Å². The van der Waals surface area contributed by atoms with Crippen molar-refractivity contribution in [3.05, 3.63) is 24.8 Å². The number of nitrogens with zero attached hydrogens (tertiary/aromatic N) is 1. The Morgan fingerprint density at radius 1 is 0.793 bits per heavy atom. The first-order valence-electron chi connectivity index (χ1n) is 11.4. The molecule has 0 bridgehead atoms. The molecular formula is C23H46NNaO3S. The van der Waals surface area contributed by atoms with Crippen LogP contribution in [0.3, 0.4) is 0 Å². The zero-order chi connectivity index (χ0) is 20.9. The van der Waals surface area contributed by atoms with Gasteiger partial charge < -0.3 is 0 Å². The molecule has 0 aromatic heterocycles. The Balaban J connectivity index is 0. The topological polar surface area (TPSA) is 57.6 Å². The summed E-state index contributed by atoms with van der Waals surface area (Å²) in [7, 11) is -3.88. The van der Waals surface area contributed by atoms with Crippen LogP contribution in [-0.4, -0.2) is 72.8 Å². The SMILES string of the molecule is C=CCN(CCCCCCCC/C=C\CCCCCCCC)CCS(=O)(=O)O.[NaH]. The molecule has 0 aromatic carbocycles. The first-order chi connectivity index (χ1) is 13.5. The van der Waals surface area contributed by atoms with Gasteiger partial charge in [-0.25, -0.2) is 0 Å². The molecule has 4 nitrogen and oxygen atoms in total. The quantitative estimate of drug-likeness (QED) is 0.107. The second-order valence-corrected chi connectivity index (χ2v) is 9.39. The van der Waals surface area contributed by atoms with E-state index >= 15 is 0 Å². The molecular weight excluding hydrogens is 393 g/mol. The zero-order valence-electron chi connectivity index (χ0n) is 18.3. The second kappa shape index (κ2) is 23.0. The van der Waals surface area contributed by atoms with Gasteiger partial charge in [-0.05, 0) is 38.6 Å². The van der Waals surface area contributed by atoms with Gasteiger partial charge in [-0.3, -0.25) is 9.45 Å². The molecule has 0 aromatic rings. The van der Waals surface area contributed by atoms with E-state index in [-0.39, 0.29) is 35.3 Å². The summed E-state index contributed by atoms with van der Waals surface area (Å²) in [5.74, 6) is -0.201. The van der Waals surface area contributed by atoms with Gasteiger partial charge in [0.15, 0.2) is 0 Å². The molecule has 0 aliphatic carbocycles. The Hall–Kier alpha value is 0.350. The first-order valence-corrected chi connectivity index (χ1v) is 13.0. The van der Waals surface area contributed by atoms with E-state index in [9.17, 15) is 8.42 Å². The third-order valence-corrected chi connectivity index (χ3v) is 5.74. The molecule has 6 heteroatoms. The van der Waals surface area contributed by atoms with Gasteiger partial charge in [0, 0.05) is 13.1 Å². The Morgan fingerprint density at radius 2 is 1.28 bits per heavy atom. The third-order valence-electron chi connectivity index (χ3n) is 5.04. The average molecular weight is 440 g/mol. The Labute approximate surface area is 203 Å². The standard InChI is InChI=1S/C23H45NO3S.Na.H/c1-3-5-6-7-8-9-10-11-12-13-14-15-16-17-18-19-21-24(20-4-2)22-23-28(25,26)27;;/h4,11-12H,2-3,5-10,13-23H2,1H3,(H,25,26,27);;/b12-11-;;. The first kappa shape index (κ1) is 31.5. The van der Waals surface area contributed by atoms with Crippen molar-refractivity contribution in [1.82, 2.24) is 4.90 Å². The van der Waals surface area contributed by atoms with Crippen molar-refractivity contribution in [2.75, 3.05) is 25.4 Å². The summed E-state index contributed by atoms with van der Waals surface area (Å²) in [6, 6.07) is 0. The minimum absolute atomic E-state index is 0. The molecule has 0 amide bonds. The summed E-state index contributed by atoms with van der Waals surface area (Å²) in [6.07, 6.45) is 24.5. The zero-order valence-corrected chi connectivity index (χ0v) is 19.1. The fourth-order valence-corrected chi connectivity index (χ4v) is 3.79. The van der Waals surface area contributed by atoms with E-state index in [1.807, 2.05) is 4.90 Å². The molecule has 168 valence electrons. The molecule has 0 radical (unpaired) electrons. The Kier molecular flexibility index (Phi) is 25.0. The molecule has 0 spiro atoms. The van der Waals surface area contributed by atoms with E-state index in [0.29, 0.717) is 13.1 Å². The van der Waals surface area contributed by atoms with Crippen LogP contribution in [0.4, 0.5) is 0 Å². The number of rotatable bonds is 21. The molecule has 0 aliphatic rings. The van der Waals surface area contributed by atoms with Gasteiger partial charge in [-0.15, -0.1) is 6.58 Å². The van der Waals surface area contributed by atoms with Gasteiger partial charge in [0.25, 0.3) is 10.1 Å². The third kappa shape index (κ3) is 26.3. The summed E-state index contributed by atoms with van der Waals surface area (Å²) in [5.41, 5.74) is 0. The number of unbranched alkanes of at least 4 members (excludes halogenated alkanes) is 12. The normalized spacial score (nSPS) is 11.8. The monoisotopic (exact) mass is 439 g/mol. The number of hydrogen-bond donors (Lipinski definition) is 1. The van der Waals surface area contributed by atoms with Crippen LogP contribution in [0.25, 0.3) is 0 Å². The van der Waals surface area contributed by atoms with Gasteiger partial charge in [0.2, 0.25) is 0 Å². The molecule has 0 heterocycles. The summed E-state index contributed by atoms with van der Waals surface area (Å²) in [6.45, 7) is 7.87. The summed E-state index contributed by atoms with van der Waals surface area (Å²) < 4.78 is 30.6. The van der Waals surface area contributed by atoms with Crippen LogP contribution in [0, 0.1) is 0 Å². The van der Waals surface area contributed by atoms with E-state index in [0.717, 1.165) is 13.0 Å². The molecule has 0 unspecified atom stereocenters. The fourth-order valence-electron chi connectivity index (χ4n) is 3.30. The summed E-state index contributed by atoms with van der Waals surface area (Å²) in [4.78, 5) is 2.04. The molecule has 0 atom stereocenters. The average Bonchev–Trinajstić information content (AvgIpc) is 2.65. The van der Waals surface area contributed by atoms with Crippen molar-refractivity contribution in [3.63, 3.8) is 0 Å². The van der Waals surface area contributed by atoms with Crippen LogP contribution in [0.2, 0.25) is 0 Å². The molecule has 1 N–H and O–H groups in total. The summed E-state index contributed by atoms with van der Waals surface area (Å²) in [5, 5.41) is 0. The maximum atomic E-state index is 10.9. The number of hydrogen-bond acceptors (Lipinski definition) is 3. The predicted octanol–water partition coefficient (Wildman–Crippen LogP) is 5.75. The van der Waals surface area contributed by atoms with Crippen molar-refractivity contribution >= 4 is 39.7 Å². The van der Waals surface area contributed by atoms with Gasteiger partial charge in [0.1, 0.15) is 0 Å². The van der Waals surface area contributed by atoms with Gasteiger partial charge in [0.05, 0.1) is 5.75 Å². The Morgan fingerprint density at radius 3 is 1.76 bits per heavy atom. The number of allylic oxidation sites excluding steroid dienone is 2. The van der Waals surface area contributed by atoms with Gasteiger partial charge in [-0.2, -0.15) is 8.42 Å². The molecule has 29 heavy (non-hydrogen) atoms. The van der Waals surface area contributed by atoms with E-state index in [2.05, 4.69) is 25.7 Å². The van der Waals surface area contributed by atoms with Gasteiger partial charge >= 0.3 is 29.6 Å².